The molecule has 162 valence electrons. The van der Waals surface area contributed by atoms with Crippen LogP contribution in [0.25, 0.3) is 11.1 Å². The predicted molar refractivity (Wildman–Crippen MR) is 129 cm³/mol. The number of hydrogen-bond donors (Lipinski definition) is 2. The second-order valence-electron chi connectivity index (χ2n) is 8.57. The van der Waals surface area contributed by atoms with Gasteiger partial charge in [-0.15, -0.1) is 0 Å². The van der Waals surface area contributed by atoms with Gasteiger partial charge in [0.05, 0.1) is 11.4 Å². The fourth-order valence-electron chi connectivity index (χ4n) is 3.87. The molecule has 0 saturated heterocycles. The molecule has 2 aromatic carbocycles. The van der Waals surface area contributed by atoms with E-state index in [1.165, 1.54) is 5.56 Å². The van der Waals surface area contributed by atoms with Crippen molar-refractivity contribution in [2.24, 2.45) is 11.7 Å². The lowest BCUT2D eigenvalue weighted by atomic mass is 9.92. The molecule has 0 spiro atoms. The number of hydrogen-bond acceptors (Lipinski definition) is 3. The summed E-state index contributed by atoms with van der Waals surface area (Å²) in [5.74, 6) is 0.455. The van der Waals surface area contributed by atoms with Crippen LogP contribution in [0.3, 0.4) is 0 Å². The van der Waals surface area contributed by atoms with Crippen molar-refractivity contribution in [3.63, 3.8) is 0 Å². The number of amides is 1. The smallest absolute Gasteiger partial charge is 0.224 e. The number of aromatic nitrogens is 1. The third-order valence-electron chi connectivity index (χ3n) is 5.46. The molecule has 0 radical (unpaired) electrons. The summed E-state index contributed by atoms with van der Waals surface area (Å²) in [6.45, 7) is 8.78. The standard InChI is InChI=1S/C27H33N3O/c1-18(2)16-24-23(17-28)26(22-13-10-19(3)11-14-22)27(20(4)29-24)30-25(31)15-12-21-8-6-5-7-9-21/h5-11,13-14,18H,12,15-17,28H2,1-4H3,(H,30,31). The van der Waals surface area contributed by atoms with Crippen LogP contribution in [-0.2, 0) is 24.2 Å². The second-order valence-corrected chi connectivity index (χ2v) is 8.57. The molecule has 0 aliphatic carbocycles. The fourth-order valence-corrected chi connectivity index (χ4v) is 3.87. The van der Waals surface area contributed by atoms with Gasteiger partial charge in [-0.2, -0.15) is 0 Å². The molecule has 31 heavy (non-hydrogen) atoms. The Labute approximate surface area is 185 Å². The van der Waals surface area contributed by atoms with Crippen LogP contribution in [0.15, 0.2) is 54.6 Å². The van der Waals surface area contributed by atoms with Crippen molar-refractivity contribution in [3.05, 3.63) is 82.7 Å². The molecule has 0 saturated carbocycles. The number of aryl methyl sites for hydroxylation is 3. The van der Waals surface area contributed by atoms with Gasteiger partial charge in [-0.25, -0.2) is 0 Å². The van der Waals surface area contributed by atoms with Crippen LogP contribution in [0.2, 0.25) is 0 Å². The molecule has 0 unspecified atom stereocenters. The molecule has 0 aliphatic rings. The van der Waals surface area contributed by atoms with Crippen molar-refractivity contribution in [1.29, 1.82) is 0 Å². The van der Waals surface area contributed by atoms with Gasteiger partial charge in [-0.1, -0.05) is 74.0 Å². The summed E-state index contributed by atoms with van der Waals surface area (Å²) < 4.78 is 0. The zero-order chi connectivity index (χ0) is 22.4. The zero-order valence-electron chi connectivity index (χ0n) is 19.0. The second kappa shape index (κ2) is 10.4. The maximum Gasteiger partial charge on any atom is 0.224 e. The Hall–Kier alpha value is -2.98. The van der Waals surface area contributed by atoms with Crippen molar-refractivity contribution in [3.8, 4) is 11.1 Å². The van der Waals surface area contributed by atoms with Crippen molar-refractivity contribution in [1.82, 2.24) is 4.98 Å². The minimum atomic E-state index is -0.0123. The number of nitrogens with two attached hydrogens (primary N) is 1. The van der Waals surface area contributed by atoms with E-state index in [2.05, 4.69) is 50.4 Å². The summed E-state index contributed by atoms with van der Waals surface area (Å²) in [5, 5.41) is 3.16. The Morgan fingerprint density at radius 2 is 1.71 bits per heavy atom. The van der Waals surface area contributed by atoms with Crippen LogP contribution in [0.5, 0.6) is 0 Å². The van der Waals surface area contributed by atoms with Gasteiger partial charge >= 0.3 is 0 Å². The van der Waals surface area contributed by atoms with Gasteiger partial charge in [0.1, 0.15) is 0 Å². The van der Waals surface area contributed by atoms with Crippen molar-refractivity contribution >= 4 is 11.6 Å². The van der Waals surface area contributed by atoms with Crippen LogP contribution < -0.4 is 11.1 Å². The van der Waals surface area contributed by atoms with E-state index in [0.29, 0.717) is 25.3 Å². The molecular formula is C27H33N3O. The normalized spacial score (nSPS) is 11.0. The van der Waals surface area contributed by atoms with E-state index in [1.807, 2.05) is 37.3 Å². The predicted octanol–water partition coefficient (Wildman–Crippen LogP) is 5.59. The molecule has 1 aromatic heterocycles. The van der Waals surface area contributed by atoms with E-state index in [4.69, 9.17) is 10.7 Å². The number of nitrogens with zero attached hydrogens (tertiary/aromatic N) is 1. The molecule has 4 heteroatoms. The summed E-state index contributed by atoms with van der Waals surface area (Å²) in [6.07, 6.45) is 1.98. The van der Waals surface area contributed by atoms with E-state index >= 15 is 0 Å². The van der Waals surface area contributed by atoms with Gasteiger partial charge in [-0.3, -0.25) is 9.78 Å². The maximum atomic E-state index is 12.9. The first kappa shape index (κ1) is 22.7. The fraction of sp³-hybridized carbons (Fsp3) is 0.333. The van der Waals surface area contributed by atoms with Crippen molar-refractivity contribution in [2.75, 3.05) is 5.32 Å². The van der Waals surface area contributed by atoms with Gasteiger partial charge in [0.15, 0.2) is 0 Å². The Bertz CT molecular complexity index is 1020. The van der Waals surface area contributed by atoms with Crippen molar-refractivity contribution in [2.45, 2.75) is 53.5 Å². The largest absolute Gasteiger partial charge is 0.326 e. The average molecular weight is 416 g/mol. The first-order chi connectivity index (χ1) is 14.9. The first-order valence-electron chi connectivity index (χ1n) is 11.0. The Morgan fingerprint density at radius 3 is 2.32 bits per heavy atom. The van der Waals surface area contributed by atoms with E-state index in [-0.39, 0.29) is 5.91 Å². The quantitative estimate of drug-likeness (QED) is 0.504. The Balaban J connectivity index is 1.99. The first-order valence-corrected chi connectivity index (χ1v) is 11.0. The minimum Gasteiger partial charge on any atom is -0.326 e. The number of carbonyl (C=O) groups is 1. The molecule has 0 aliphatic heterocycles. The highest BCUT2D eigenvalue weighted by Crippen LogP contribution is 2.36. The molecular weight excluding hydrogens is 382 g/mol. The van der Waals surface area contributed by atoms with Gasteiger partial charge in [0.25, 0.3) is 0 Å². The summed E-state index contributed by atoms with van der Waals surface area (Å²) in [7, 11) is 0. The highest BCUT2D eigenvalue weighted by molar-refractivity contribution is 5.97. The van der Waals surface area contributed by atoms with Gasteiger partial charge in [-0.05, 0) is 49.3 Å². The molecule has 0 fully saturated rings. The topological polar surface area (TPSA) is 68.0 Å². The van der Waals surface area contributed by atoms with E-state index < -0.39 is 0 Å². The maximum absolute atomic E-state index is 12.9. The summed E-state index contributed by atoms with van der Waals surface area (Å²) in [5.41, 5.74) is 14.3. The molecule has 0 atom stereocenters. The molecule has 1 amide bonds. The molecule has 4 nitrogen and oxygen atoms in total. The number of benzene rings is 2. The highest BCUT2D eigenvalue weighted by Gasteiger charge is 2.20. The third kappa shape index (κ3) is 5.80. The van der Waals surface area contributed by atoms with E-state index in [1.54, 1.807) is 0 Å². The summed E-state index contributed by atoms with van der Waals surface area (Å²) in [6, 6.07) is 18.5. The van der Waals surface area contributed by atoms with E-state index in [0.717, 1.165) is 45.7 Å². The van der Waals surface area contributed by atoms with Gasteiger partial charge in [0.2, 0.25) is 5.91 Å². The monoisotopic (exact) mass is 415 g/mol. The van der Waals surface area contributed by atoms with Crippen LogP contribution in [0, 0.1) is 19.8 Å². The van der Waals surface area contributed by atoms with E-state index in [9.17, 15) is 4.79 Å². The molecule has 0 bridgehead atoms. The van der Waals surface area contributed by atoms with Gasteiger partial charge < -0.3 is 11.1 Å². The number of anilines is 1. The number of nitrogens with one attached hydrogen (secondary N) is 1. The van der Waals surface area contributed by atoms with Crippen LogP contribution in [-0.4, -0.2) is 10.9 Å². The third-order valence-corrected chi connectivity index (χ3v) is 5.46. The number of pyridine rings is 1. The molecule has 1 heterocycles. The molecule has 3 rings (SSSR count). The average Bonchev–Trinajstić information content (AvgIpc) is 2.75. The lowest BCUT2D eigenvalue weighted by molar-refractivity contribution is -0.116. The Morgan fingerprint density at radius 1 is 1.03 bits per heavy atom. The van der Waals surface area contributed by atoms with Crippen LogP contribution >= 0.6 is 0 Å². The summed E-state index contributed by atoms with van der Waals surface area (Å²) in [4.78, 5) is 17.7. The lowest BCUT2D eigenvalue weighted by Gasteiger charge is -2.21. The van der Waals surface area contributed by atoms with Crippen LogP contribution in [0.4, 0.5) is 5.69 Å². The van der Waals surface area contributed by atoms with Crippen molar-refractivity contribution < 1.29 is 4.79 Å². The molecule has 3 N–H and O–H groups in total. The minimum absolute atomic E-state index is 0.0123. The number of carbonyl (C=O) groups excluding carboxylic acids is 1. The Kier molecular flexibility index (Phi) is 7.59. The highest BCUT2D eigenvalue weighted by atomic mass is 16.1. The summed E-state index contributed by atoms with van der Waals surface area (Å²) >= 11 is 0. The zero-order valence-corrected chi connectivity index (χ0v) is 19.0. The number of rotatable bonds is 8. The molecule has 3 aromatic rings. The van der Waals surface area contributed by atoms with Crippen LogP contribution in [0.1, 0.15) is 48.3 Å². The lowest BCUT2D eigenvalue weighted by Crippen LogP contribution is -2.18. The van der Waals surface area contributed by atoms with Gasteiger partial charge in [0, 0.05) is 24.2 Å². The SMILES string of the molecule is Cc1ccc(-c2c(CN)c(CC(C)C)nc(C)c2NC(=O)CCc2ccccc2)cc1.